The molecule has 3 aromatic heterocycles. The average Bonchev–Trinajstić information content (AvgIpc) is 3.43. The minimum atomic E-state index is -1.01. The van der Waals surface area contributed by atoms with Crippen LogP contribution >= 0.6 is 0 Å². The zero-order valence-corrected chi connectivity index (χ0v) is 30.0. The predicted octanol–water partition coefficient (Wildman–Crippen LogP) is 2.46. The SMILES string of the molecule is CCc1cc2ncc(CN3CCN(c4ccc(NC(=O)C5CCN(c6ccc7c(c6)C(=O)N(C6CCC(=O)NC6=O)C7=O)CC5)nc4)CC3)cc2[nH]c1=O. The van der Waals surface area contributed by atoms with Gasteiger partial charge in [0.05, 0.1) is 34.0 Å². The van der Waals surface area contributed by atoms with Gasteiger partial charge in [0.25, 0.3) is 17.4 Å². The van der Waals surface area contributed by atoms with Gasteiger partial charge in [-0.1, -0.05) is 6.92 Å². The number of nitrogens with zero attached hydrogens (tertiary/aromatic N) is 6. The largest absolute Gasteiger partial charge is 0.371 e. The minimum Gasteiger partial charge on any atom is -0.371 e. The first-order valence-electron chi connectivity index (χ1n) is 18.5. The first-order chi connectivity index (χ1) is 26.1. The molecule has 54 heavy (non-hydrogen) atoms. The van der Waals surface area contributed by atoms with Crippen LogP contribution in [0.1, 0.15) is 64.4 Å². The summed E-state index contributed by atoms with van der Waals surface area (Å²) in [6, 6.07) is 11.8. The van der Waals surface area contributed by atoms with Gasteiger partial charge in [-0.2, -0.15) is 0 Å². The number of carbonyl (C=O) groups is 5. The number of hydrogen-bond acceptors (Lipinski definition) is 11. The van der Waals surface area contributed by atoms with Crippen molar-refractivity contribution >= 4 is 57.8 Å². The fourth-order valence-electron chi connectivity index (χ4n) is 7.87. The predicted molar refractivity (Wildman–Crippen MR) is 200 cm³/mol. The van der Waals surface area contributed by atoms with Crippen LogP contribution in [0.3, 0.4) is 0 Å². The zero-order chi connectivity index (χ0) is 37.5. The molecule has 0 saturated carbocycles. The molecule has 3 N–H and O–H groups in total. The summed E-state index contributed by atoms with van der Waals surface area (Å²) in [5.41, 5.74) is 5.53. The van der Waals surface area contributed by atoms with Gasteiger partial charge in [0.2, 0.25) is 17.7 Å². The van der Waals surface area contributed by atoms with Crippen molar-refractivity contribution < 1.29 is 24.0 Å². The molecule has 0 aliphatic carbocycles. The summed E-state index contributed by atoms with van der Waals surface area (Å²) >= 11 is 0. The van der Waals surface area contributed by atoms with Gasteiger partial charge in [-0.05, 0) is 73.7 Å². The lowest BCUT2D eigenvalue weighted by Gasteiger charge is -2.36. The number of H-pyrrole nitrogens is 1. The molecule has 0 radical (unpaired) electrons. The van der Waals surface area contributed by atoms with Gasteiger partial charge in [0.15, 0.2) is 0 Å². The Labute approximate surface area is 310 Å². The number of rotatable bonds is 8. The van der Waals surface area contributed by atoms with Crippen LogP contribution in [0.15, 0.2) is 59.7 Å². The van der Waals surface area contributed by atoms with Gasteiger partial charge < -0.3 is 20.1 Å². The van der Waals surface area contributed by atoms with E-state index in [4.69, 9.17) is 0 Å². The second-order valence-corrected chi connectivity index (χ2v) is 14.3. The van der Waals surface area contributed by atoms with Crippen LogP contribution in [-0.2, 0) is 27.3 Å². The summed E-state index contributed by atoms with van der Waals surface area (Å²) in [5.74, 6) is -1.92. The molecule has 1 atom stereocenters. The molecule has 4 aliphatic heterocycles. The molecule has 1 unspecified atom stereocenters. The molecule has 4 aliphatic rings. The fourth-order valence-corrected chi connectivity index (χ4v) is 7.87. The first kappa shape index (κ1) is 35.1. The Kier molecular flexibility index (Phi) is 9.40. The number of fused-ring (bicyclic) bond motifs is 2. The molecule has 3 saturated heterocycles. The number of amides is 5. The van der Waals surface area contributed by atoms with Crippen molar-refractivity contribution in [3.8, 4) is 0 Å². The van der Waals surface area contributed by atoms with Crippen LogP contribution in [-0.4, -0.2) is 99.6 Å². The third-order valence-corrected chi connectivity index (χ3v) is 11.0. The molecule has 15 nitrogen and oxygen atoms in total. The van der Waals surface area contributed by atoms with Crippen molar-refractivity contribution in [2.24, 2.45) is 5.92 Å². The van der Waals surface area contributed by atoms with Crippen molar-refractivity contribution in [3.05, 3.63) is 87.5 Å². The highest BCUT2D eigenvalue weighted by atomic mass is 16.2. The van der Waals surface area contributed by atoms with Crippen molar-refractivity contribution in [1.82, 2.24) is 30.1 Å². The molecular formula is C39H41N9O6. The van der Waals surface area contributed by atoms with Gasteiger partial charge in [-0.3, -0.25) is 48.9 Å². The van der Waals surface area contributed by atoms with E-state index >= 15 is 0 Å². The van der Waals surface area contributed by atoms with E-state index < -0.39 is 29.7 Å². The van der Waals surface area contributed by atoms with Crippen LogP contribution in [0.4, 0.5) is 17.2 Å². The number of aromatic nitrogens is 3. The Morgan fingerprint density at radius 1 is 0.815 bits per heavy atom. The van der Waals surface area contributed by atoms with Gasteiger partial charge >= 0.3 is 0 Å². The summed E-state index contributed by atoms with van der Waals surface area (Å²) in [4.78, 5) is 95.6. The van der Waals surface area contributed by atoms with E-state index in [1.54, 1.807) is 24.4 Å². The fraction of sp³-hybridized carbons (Fsp3) is 0.385. The summed E-state index contributed by atoms with van der Waals surface area (Å²) in [7, 11) is 0. The van der Waals surface area contributed by atoms with Gasteiger partial charge in [0, 0.05) is 75.6 Å². The zero-order valence-electron chi connectivity index (χ0n) is 30.0. The number of piperidine rings is 2. The van der Waals surface area contributed by atoms with Crippen molar-refractivity contribution in [2.75, 3.05) is 54.4 Å². The quantitative estimate of drug-likeness (QED) is 0.227. The molecule has 7 heterocycles. The Bertz CT molecular complexity index is 2220. The van der Waals surface area contributed by atoms with E-state index in [0.717, 1.165) is 71.2 Å². The highest BCUT2D eigenvalue weighted by Gasteiger charge is 2.45. The monoisotopic (exact) mass is 731 g/mol. The minimum absolute atomic E-state index is 0.0602. The lowest BCUT2D eigenvalue weighted by atomic mass is 9.95. The summed E-state index contributed by atoms with van der Waals surface area (Å²) in [5, 5.41) is 5.19. The molecule has 1 aromatic carbocycles. The normalized spacial score (nSPS) is 19.7. The maximum atomic E-state index is 13.3. The lowest BCUT2D eigenvalue weighted by Crippen LogP contribution is -2.54. The standard InChI is InChI=1S/C39H41N9O6/c1-2-24-18-30-31(42-35(24)50)17-23(20-40-30)22-45-13-15-47(16-14-45)27-4-7-33(41-21-27)43-36(51)25-9-11-46(12-10-25)26-3-5-28-29(19-26)39(54)48(38(28)53)32-6-8-34(49)44-37(32)52/h3-5,7,17-21,25,32H,2,6,8-16,22H2,1H3,(H,42,50)(H,41,43,51)(H,44,49,52). The van der Waals surface area contributed by atoms with Crippen LogP contribution in [0, 0.1) is 5.92 Å². The van der Waals surface area contributed by atoms with Crippen LogP contribution < -0.4 is 26.0 Å². The maximum Gasteiger partial charge on any atom is 0.262 e. The topological polar surface area (TPSA) is 181 Å². The van der Waals surface area contributed by atoms with Crippen molar-refractivity contribution in [3.63, 3.8) is 0 Å². The third kappa shape index (κ3) is 6.82. The second-order valence-electron chi connectivity index (χ2n) is 14.3. The van der Waals surface area contributed by atoms with E-state index in [2.05, 4.69) is 40.3 Å². The van der Waals surface area contributed by atoms with Crippen molar-refractivity contribution in [1.29, 1.82) is 0 Å². The number of aryl methyl sites for hydroxylation is 1. The number of aromatic amines is 1. The second kappa shape index (κ2) is 14.5. The Hall–Kier alpha value is -5.96. The Morgan fingerprint density at radius 3 is 2.28 bits per heavy atom. The molecule has 278 valence electrons. The van der Waals surface area contributed by atoms with E-state index in [1.165, 1.54) is 0 Å². The molecule has 4 aromatic rings. The molecular weight excluding hydrogens is 690 g/mol. The molecule has 3 fully saturated rings. The molecule has 0 spiro atoms. The smallest absolute Gasteiger partial charge is 0.262 e. The Morgan fingerprint density at radius 2 is 1.56 bits per heavy atom. The molecule has 5 amide bonds. The Balaban J connectivity index is 0.809. The van der Waals surface area contributed by atoms with Crippen molar-refractivity contribution in [2.45, 2.75) is 51.6 Å². The third-order valence-electron chi connectivity index (χ3n) is 11.0. The number of benzene rings is 1. The lowest BCUT2D eigenvalue weighted by molar-refractivity contribution is -0.136. The number of anilines is 3. The van der Waals surface area contributed by atoms with E-state index in [0.29, 0.717) is 38.2 Å². The maximum absolute atomic E-state index is 13.3. The highest BCUT2D eigenvalue weighted by Crippen LogP contribution is 2.32. The van der Waals surface area contributed by atoms with E-state index in [-0.39, 0.29) is 41.4 Å². The number of pyridine rings is 3. The number of carbonyl (C=O) groups excluding carboxylic acids is 5. The molecule has 15 heteroatoms. The van der Waals surface area contributed by atoms with Crippen LogP contribution in [0.5, 0.6) is 0 Å². The highest BCUT2D eigenvalue weighted by molar-refractivity contribution is 6.23. The molecule has 0 bridgehead atoms. The van der Waals surface area contributed by atoms with Gasteiger partial charge in [0.1, 0.15) is 11.9 Å². The first-order valence-corrected chi connectivity index (χ1v) is 18.5. The summed E-state index contributed by atoms with van der Waals surface area (Å²) < 4.78 is 0. The summed E-state index contributed by atoms with van der Waals surface area (Å²) in [6.45, 7) is 7.26. The molecule has 8 rings (SSSR count). The number of hydrogen-bond donors (Lipinski definition) is 3. The van der Waals surface area contributed by atoms with Crippen LogP contribution in [0.25, 0.3) is 11.0 Å². The average molecular weight is 732 g/mol. The number of nitrogens with one attached hydrogen (secondary N) is 3. The van der Waals surface area contributed by atoms with Crippen LogP contribution in [0.2, 0.25) is 0 Å². The van der Waals surface area contributed by atoms with E-state index in [9.17, 15) is 28.8 Å². The number of imide groups is 2. The van der Waals surface area contributed by atoms with E-state index in [1.807, 2.05) is 37.4 Å². The summed E-state index contributed by atoms with van der Waals surface area (Å²) in [6.07, 6.45) is 5.73. The van der Waals surface area contributed by atoms with Gasteiger partial charge in [-0.25, -0.2) is 4.98 Å². The number of piperazine rings is 1. The van der Waals surface area contributed by atoms with Gasteiger partial charge in [-0.15, -0.1) is 0 Å².